The summed E-state index contributed by atoms with van der Waals surface area (Å²) in [7, 11) is 0. The molecule has 1 N–H and O–H groups in total. The summed E-state index contributed by atoms with van der Waals surface area (Å²) >= 11 is 0. The van der Waals surface area contributed by atoms with Crippen LogP contribution in [0.2, 0.25) is 0 Å². The van der Waals surface area contributed by atoms with Crippen LogP contribution >= 0.6 is 0 Å². The van der Waals surface area contributed by atoms with Crippen LogP contribution in [-0.4, -0.2) is 31.0 Å². The predicted octanol–water partition coefficient (Wildman–Crippen LogP) is 1.96. The fourth-order valence-electron chi connectivity index (χ4n) is 2.28. The number of hydrogen-bond donors (Lipinski definition) is 1. The van der Waals surface area contributed by atoms with Gasteiger partial charge in [0.05, 0.1) is 6.61 Å². The van der Waals surface area contributed by atoms with Crippen LogP contribution in [0.5, 0.6) is 5.75 Å². The maximum absolute atomic E-state index is 12.4. The van der Waals surface area contributed by atoms with Crippen molar-refractivity contribution in [1.29, 1.82) is 0 Å². The van der Waals surface area contributed by atoms with Gasteiger partial charge < -0.3 is 15.0 Å². The van der Waals surface area contributed by atoms with Crippen molar-refractivity contribution >= 4 is 17.5 Å². The molecule has 0 aromatic heterocycles. The van der Waals surface area contributed by atoms with Gasteiger partial charge in [0.1, 0.15) is 18.3 Å². The Morgan fingerprint density at radius 3 is 2.52 bits per heavy atom. The van der Waals surface area contributed by atoms with Gasteiger partial charge in [-0.15, -0.1) is 0 Å². The second kappa shape index (κ2) is 6.61. The van der Waals surface area contributed by atoms with Crippen molar-refractivity contribution in [3.05, 3.63) is 24.3 Å². The van der Waals surface area contributed by atoms with Crippen molar-refractivity contribution < 1.29 is 14.3 Å². The van der Waals surface area contributed by atoms with Crippen molar-refractivity contribution in [3.8, 4) is 5.75 Å². The van der Waals surface area contributed by atoms with Crippen molar-refractivity contribution in [3.63, 3.8) is 0 Å². The molecule has 5 heteroatoms. The number of ether oxygens (including phenoxy) is 1. The first-order valence-electron chi connectivity index (χ1n) is 7.36. The van der Waals surface area contributed by atoms with E-state index in [4.69, 9.17) is 4.74 Å². The molecule has 1 aliphatic rings. The van der Waals surface area contributed by atoms with Gasteiger partial charge in [0.2, 0.25) is 11.8 Å². The Morgan fingerprint density at radius 2 is 1.95 bits per heavy atom. The minimum absolute atomic E-state index is 0.0631. The first-order valence-corrected chi connectivity index (χ1v) is 7.36. The second-order valence-corrected chi connectivity index (χ2v) is 5.56. The fraction of sp³-hybridized carbons (Fsp3) is 0.500. The summed E-state index contributed by atoms with van der Waals surface area (Å²) in [5, 5.41) is 2.75. The third-order valence-corrected chi connectivity index (χ3v) is 3.44. The number of rotatable bonds is 5. The lowest BCUT2D eigenvalue weighted by atomic mass is 10.0. The molecule has 1 heterocycles. The molecule has 1 aromatic carbocycles. The van der Waals surface area contributed by atoms with E-state index < -0.39 is 6.04 Å². The van der Waals surface area contributed by atoms with Crippen LogP contribution in [0.1, 0.15) is 27.2 Å². The van der Waals surface area contributed by atoms with Crippen LogP contribution in [-0.2, 0) is 9.59 Å². The molecule has 2 rings (SSSR count). The molecule has 0 radical (unpaired) electrons. The van der Waals surface area contributed by atoms with Gasteiger partial charge in [0, 0.05) is 5.69 Å². The van der Waals surface area contributed by atoms with Crippen molar-refractivity contribution in [2.24, 2.45) is 5.92 Å². The summed E-state index contributed by atoms with van der Waals surface area (Å²) in [6.45, 7) is 6.63. The van der Waals surface area contributed by atoms with Gasteiger partial charge in [-0.3, -0.25) is 9.59 Å². The van der Waals surface area contributed by atoms with E-state index in [0.29, 0.717) is 6.61 Å². The highest BCUT2D eigenvalue weighted by atomic mass is 16.5. The number of nitrogens with one attached hydrogen (secondary N) is 1. The maximum Gasteiger partial charge on any atom is 0.250 e. The van der Waals surface area contributed by atoms with Gasteiger partial charge in [-0.2, -0.15) is 0 Å². The highest BCUT2D eigenvalue weighted by Gasteiger charge is 2.35. The number of benzene rings is 1. The van der Waals surface area contributed by atoms with Crippen molar-refractivity contribution in [1.82, 2.24) is 5.32 Å². The van der Waals surface area contributed by atoms with Crippen LogP contribution < -0.4 is 15.0 Å². The second-order valence-electron chi connectivity index (χ2n) is 5.56. The first-order chi connectivity index (χ1) is 10.0. The lowest BCUT2D eigenvalue weighted by molar-refractivity contribution is -0.132. The average Bonchev–Trinajstić information content (AvgIpc) is 2.47. The van der Waals surface area contributed by atoms with E-state index in [1.165, 1.54) is 4.90 Å². The molecular formula is C16H22N2O3. The van der Waals surface area contributed by atoms with Crippen LogP contribution in [0.3, 0.4) is 0 Å². The molecule has 0 bridgehead atoms. The van der Waals surface area contributed by atoms with Crippen LogP contribution in [0.15, 0.2) is 24.3 Å². The Morgan fingerprint density at radius 1 is 1.29 bits per heavy atom. The van der Waals surface area contributed by atoms with E-state index in [0.717, 1.165) is 17.9 Å². The highest BCUT2D eigenvalue weighted by molar-refractivity contribution is 6.06. The van der Waals surface area contributed by atoms with E-state index in [2.05, 4.69) is 5.32 Å². The Hall–Kier alpha value is -2.04. The zero-order valence-electron chi connectivity index (χ0n) is 12.8. The van der Waals surface area contributed by atoms with Gasteiger partial charge in [0.15, 0.2) is 0 Å². The molecule has 5 nitrogen and oxygen atoms in total. The molecule has 1 unspecified atom stereocenters. The Balaban J connectivity index is 2.15. The topological polar surface area (TPSA) is 58.6 Å². The van der Waals surface area contributed by atoms with Crippen molar-refractivity contribution in [2.75, 3.05) is 18.1 Å². The molecule has 1 atom stereocenters. The molecule has 1 aliphatic heterocycles. The largest absolute Gasteiger partial charge is 0.494 e. The molecule has 2 amide bonds. The lowest BCUT2D eigenvalue weighted by Gasteiger charge is -2.34. The molecule has 1 fully saturated rings. The summed E-state index contributed by atoms with van der Waals surface area (Å²) in [5.41, 5.74) is 0.726. The van der Waals surface area contributed by atoms with E-state index in [1.54, 1.807) is 0 Å². The Bertz CT molecular complexity index is 511. The van der Waals surface area contributed by atoms with Crippen LogP contribution in [0, 0.1) is 5.92 Å². The molecule has 114 valence electrons. The Kier molecular flexibility index (Phi) is 4.83. The number of amides is 2. The number of anilines is 1. The predicted molar refractivity (Wildman–Crippen MR) is 81.3 cm³/mol. The normalized spacial score (nSPS) is 18.9. The van der Waals surface area contributed by atoms with Gasteiger partial charge in [-0.1, -0.05) is 20.8 Å². The summed E-state index contributed by atoms with van der Waals surface area (Å²) in [6, 6.07) is 6.84. The third kappa shape index (κ3) is 3.54. The monoisotopic (exact) mass is 290 g/mol. The van der Waals surface area contributed by atoms with Crippen molar-refractivity contribution in [2.45, 2.75) is 33.2 Å². The first kappa shape index (κ1) is 15.4. The SMILES string of the molecule is CCCOc1ccc(N2CC(=O)NC(C(C)C)C2=O)cc1. The highest BCUT2D eigenvalue weighted by Crippen LogP contribution is 2.23. The number of nitrogens with zero attached hydrogens (tertiary/aromatic N) is 1. The zero-order chi connectivity index (χ0) is 15.4. The summed E-state index contributed by atoms with van der Waals surface area (Å²) in [5.74, 6) is 0.651. The molecule has 1 aromatic rings. The molecule has 1 saturated heterocycles. The van der Waals surface area contributed by atoms with Crippen LogP contribution in [0.25, 0.3) is 0 Å². The fourth-order valence-corrected chi connectivity index (χ4v) is 2.28. The van der Waals surface area contributed by atoms with Gasteiger partial charge in [0.25, 0.3) is 0 Å². The third-order valence-electron chi connectivity index (χ3n) is 3.44. The quantitative estimate of drug-likeness (QED) is 0.902. The molecule has 0 spiro atoms. The Labute approximate surface area is 125 Å². The maximum atomic E-state index is 12.4. The smallest absolute Gasteiger partial charge is 0.250 e. The average molecular weight is 290 g/mol. The van der Waals surface area contributed by atoms with E-state index in [-0.39, 0.29) is 24.3 Å². The molecular weight excluding hydrogens is 268 g/mol. The standard InChI is InChI=1S/C16H22N2O3/c1-4-9-21-13-7-5-12(6-8-13)18-10-14(19)17-15(11(2)3)16(18)20/h5-8,11,15H,4,9-10H2,1-3H3,(H,17,19). The number of piperazine rings is 1. The van der Waals surface area contributed by atoms with Gasteiger partial charge >= 0.3 is 0 Å². The van der Waals surface area contributed by atoms with Gasteiger partial charge in [-0.25, -0.2) is 0 Å². The minimum Gasteiger partial charge on any atom is -0.494 e. The van der Waals surface area contributed by atoms with Gasteiger partial charge in [-0.05, 0) is 36.6 Å². The number of carbonyl (C=O) groups excluding carboxylic acids is 2. The molecule has 21 heavy (non-hydrogen) atoms. The van der Waals surface area contributed by atoms with E-state index >= 15 is 0 Å². The number of hydrogen-bond acceptors (Lipinski definition) is 3. The molecule has 0 aliphatic carbocycles. The molecule has 0 saturated carbocycles. The summed E-state index contributed by atoms with van der Waals surface area (Å²) < 4.78 is 5.52. The van der Waals surface area contributed by atoms with Crippen LogP contribution in [0.4, 0.5) is 5.69 Å². The summed E-state index contributed by atoms with van der Waals surface area (Å²) in [4.78, 5) is 25.8. The lowest BCUT2D eigenvalue weighted by Crippen LogP contribution is -2.60. The number of carbonyl (C=O) groups is 2. The summed E-state index contributed by atoms with van der Waals surface area (Å²) in [6.07, 6.45) is 0.947. The minimum atomic E-state index is -0.456. The van der Waals surface area contributed by atoms with E-state index in [1.807, 2.05) is 45.0 Å². The van der Waals surface area contributed by atoms with E-state index in [9.17, 15) is 9.59 Å². The zero-order valence-corrected chi connectivity index (χ0v) is 12.8.